The molecule has 31 heavy (non-hydrogen) atoms. The summed E-state index contributed by atoms with van der Waals surface area (Å²) < 4.78 is 3.64. The number of hydrogen-bond acceptors (Lipinski definition) is 2. The Labute approximate surface area is 184 Å². The molecule has 0 fully saturated rings. The van der Waals surface area contributed by atoms with Crippen LogP contribution in [0.1, 0.15) is 16.1 Å². The van der Waals surface area contributed by atoms with E-state index in [-0.39, 0.29) is 0 Å². The highest BCUT2D eigenvalue weighted by atomic mass is 32.1. The van der Waals surface area contributed by atoms with Crippen molar-refractivity contribution < 1.29 is 0 Å². The van der Waals surface area contributed by atoms with Crippen molar-refractivity contribution in [3.8, 4) is 0 Å². The van der Waals surface area contributed by atoms with Gasteiger partial charge in [-0.1, -0.05) is 72.8 Å². The van der Waals surface area contributed by atoms with Crippen LogP contribution in [0.2, 0.25) is 0 Å². The lowest BCUT2D eigenvalue weighted by Gasteiger charge is -2.08. The zero-order chi connectivity index (χ0) is 20.6. The quantitative estimate of drug-likeness (QED) is 0.289. The standard InChI is InChI=1S/C28H20N2S/c1-2-8-21(9-3-1)19-30-25-12-6-4-10-22(25)23-18-20(14-16-26(23)30)15-17-28-29-24-11-5-7-13-27(24)31-28/h1-18H,19H2/b17-15+. The molecule has 0 radical (unpaired) electrons. The molecule has 0 unspecified atom stereocenters. The van der Waals surface area contributed by atoms with E-state index < -0.39 is 0 Å². The van der Waals surface area contributed by atoms with Crippen LogP contribution in [0.25, 0.3) is 44.2 Å². The SMILES string of the molecule is C(=C\c1nc2ccccc2s1)/c1ccc2c(c1)c1ccccc1n2Cc1ccccc1. The molecule has 0 saturated heterocycles. The largest absolute Gasteiger partial charge is 0.336 e. The Hall–Kier alpha value is -3.69. The maximum atomic E-state index is 4.72. The normalized spacial score (nSPS) is 11.9. The van der Waals surface area contributed by atoms with Gasteiger partial charge in [-0.05, 0) is 47.5 Å². The molecule has 6 rings (SSSR count). The first-order valence-electron chi connectivity index (χ1n) is 10.4. The maximum Gasteiger partial charge on any atom is 0.117 e. The minimum atomic E-state index is 0.867. The van der Waals surface area contributed by atoms with Crippen LogP contribution in [0.3, 0.4) is 0 Å². The van der Waals surface area contributed by atoms with E-state index in [0.717, 1.165) is 17.1 Å². The van der Waals surface area contributed by atoms with Gasteiger partial charge < -0.3 is 4.57 Å². The van der Waals surface area contributed by atoms with E-state index in [0.29, 0.717) is 0 Å². The molecule has 0 spiro atoms. The summed E-state index contributed by atoms with van der Waals surface area (Å²) in [6.07, 6.45) is 4.29. The molecule has 0 aliphatic heterocycles. The fourth-order valence-corrected chi connectivity index (χ4v) is 5.11. The summed E-state index contributed by atoms with van der Waals surface area (Å²) in [5.41, 5.74) is 6.10. The lowest BCUT2D eigenvalue weighted by atomic mass is 10.1. The smallest absolute Gasteiger partial charge is 0.117 e. The zero-order valence-corrected chi connectivity index (χ0v) is 17.7. The van der Waals surface area contributed by atoms with Gasteiger partial charge in [0.25, 0.3) is 0 Å². The first-order valence-corrected chi connectivity index (χ1v) is 11.3. The summed E-state index contributed by atoms with van der Waals surface area (Å²) in [4.78, 5) is 4.72. The summed E-state index contributed by atoms with van der Waals surface area (Å²) >= 11 is 1.73. The van der Waals surface area contributed by atoms with Crippen molar-refractivity contribution in [3.63, 3.8) is 0 Å². The van der Waals surface area contributed by atoms with Crippen molar-refractivity contribution in [1.29, 1.82) is 0 Å². The average molecular weight is 417 g/mol. The van der Waals surface area contributed by atoms with E-state index in [4.69, 9.17) is 4.98 Å². The highest BCUT2D eigenvalue weighted by Gasteiger charge is 2.11. The van der Waals surface area contributed by atoms with Crippen LogP contribution in [0, 0.1) is 0 Å². The van der Waals surface area contributed by atoms with Gasteiger partial charge in [0.05, 0.1) is 10.2 Å². The Bertz CT molecular complexity index is 1520. The first kappa shape index (κ1) is 18.1. The number of nitrogens with zero attached hydrogens (tertiary/aromatic N) is 2. The average Bonchev–Trinajstić information content (AvgIpc) is 3.38. The van der Waals surface area contributed by atoms with Crippen molar-refractivity contribution in [2.45, 2.75) is 6.54 Å². The third-order valence-corrected chi connectivity index (χ3v) is 6.71. The fraction of sp³-hybridized carbons (Fsp3) is 0.0357. The first-order chi connectivity index (χ1) is 15.3. The van der Waals surface area contributed by atoms with Crippen LogP contribution >= 0.6 is 11.3 Å². The molecule has 0 aliphatic carbocycles. The molecular weight excluding hydrogens is 396 g/mol. The molecule has 0 amide bonds. The summed E-state index contributed by atoms with van der Waals surface area (Å²) in [6.45, 7) is 0.867. The summed E-state index contributed by atoms with van der Waals surface area (Å²) in [6, 6.07) is 34.4. The van der Waals surface area contributed by atoms with Gasteiger partial charge in [-0.3, -0.25) is 0 Å². The number of rotatable bonds is 4. The molecule has 0 saturated carbocycles. The van der Waals surface area contributed by atoms with E-state index in [1.165, 1.54) is 37.6 Å². The van der Waals surface area contributed by atoms with Crippen LogP contribution in [0.15, 0.2) is 97.1 Å². The Morgan fingerprint density at radius 2 is 1.48 bits per heavy atom. The van der Waals surface area contributed by atoms with E-state index >= 15 is 0 Å². The van der Waals surface area contributed by atoms with Crippen LogP contribution < -0.4 is 0 Å². The zero-order valence-electron chi connectivity index (χ0n) is 16.9. The molecule has 0 aliphatic rings. The van der Waals surface area contributed by atoms with Crippen LogP contribution in [-0.4, -0.2) is 9.55 Å². The molecule has 148 valence electrons. The molecule has 4 aromatic carbocycles. The number of fused-ring (bicyclic) bond motifs is 4. The monoisotopic (exact) mass is 416 g/mol. The second-order valence-electron chi connectivity index (χ2n) is 7.72. The van der Waals surface area contributed by atoms with Gasteiger partial charge in [0.2, 0.25) is 0 Å². The molecule has 2 aromatic heterocycles. The van der Waals surface area contributed by atoms with E-state index in [9.17, 15) is 0 Å². The van der Waals surface area contributed by atoms with Crippen molar-refractivity contribution in [2.75, 3.05) is 0 Å². The Kier molecular flexibility index (Phi) is 4.40. The van der Waals surface area contributed by atoms with E-state index in [1.807, 2.05) is 6.07 Å². The highest BCUT2D eigenvalue weighted by Crippen LogP contribution is 2.31. The predicted molar refractivity (Wildman–Crippen MR) is 134 cm³/mol. The number of thiazole rings is 1. The molecule has 0 atom stereocenters. The molecule has 0 N–H and O–H groups in total. The molecule has 3 heteroatoms. The van der Waals surface area contributed by atoms with Gasteiger partial charge in [-0.15, -0.1) is 11.3 Å². The van der Waals surface area contributed by atoms with Gasteiger partial charge in [-0.2, -0.15) is 0 Å². The lowest BCUT2D eigenvalue weighted by Crippen LogP contribution is -1.98. The molecular formula is C28H20N2S. The third kappa shape index (κ3) is 3.33. The van der Waals surface area contributed by atoms with Crippen LogP contribution in [0.4, 0.5) is 0 Å². The Balaban J connectivity index is 1.43. The van der Waals surface area contributed by atoms with Crippen molar-refractivity contribution in [2.24, 2.45) is 0 Å². The van der Waals surface area contributed by atoms with E-state index in [2.05, 4.69) is 108 Å². The highest BCUT2D eigenvalue weighted by molar-refractivity contribution is 7.19. The minimum Gasteiger partial charge on any atom is -0.336 e. The fourth-order valence-electron chi connectivity index (χ4n) is 4.24. The van der Waals surface area contributed by atoms with Crippen molar-refractivity contribution in [1.82, 2.24) is 9.55 Å². The lowest BCUT2D eigenvalue weighted by molar-refractivity contribution is 0.869. The Morgan fingerprint density at radius 3 is 2.39 bits per heavy atom. The van der Waals surface area contributed by atoms with Gasteiger partial charge in [0, 0.05) is 28.4 Å². The minimum absolute atomic E-state index is 0.867. The van der Waals surface area contributed by atoms with Gasteiger partial charge in [-0.25, -0.2) is 4.98 Å². The van der Waals surface area contributed by atoms with Crippen LogP contribution in [0.5, 0.6) is 0 Å². The third-order valence-electron chi connectivity index (χ3n) is 5.71. The second kappa shape index (κ2) is 7.53. The summed E-state index contributed by atoms with van der Waals surface area (Å²) in [7, 11) is 0. The number of para-hydroxylation sites is 2. The van der Waals surface area contributed by atoms with Crippen LogP contribution in [-0.2, 0) is 6.54 Å². The van der Waals surface area contributed by atoms with E-state index in [1.54, 1.807) is 11.3 Å². The molecule has 2 nitrogen and oxygen atoms in total. The van der Waals surface area contributed by atoms with Gasteiger partial charge >= 0.3 is 0 Å². The maximum absolute atomic E-state index is 4.72. The molecule has 2 heterocycles. The van der Waals surface area contributed by atoms with Gasteiger partial charge in [0.15, 0.2) is 0 Å². The second-order valence-corrected chi connectivity index (χ2v) is 8.78. The number of hydrogen-bond donors (Lipinski definition) is 0. The van der Waals surface area contributed by atoms with Gasteiger partial charge in [0.1, 0.15) is 5.01 Å². The number of benzene rings is 4. The Morgan fingerprint density at radius 1 is 0.710 bits per heavy atom. The summed E-state index contributed by atoms with van der Waals surface area (Å²) in [5.74, 6) is 0. The van der Waals surface area contributed by atoms with Crippen molar-refractivity contribution >= 4 is 55.5 Å². The molecule has 6 aromatic rings. The predicted octanol–water partition coefficient (Wildman–Crippen LogP) is 7.62. The topological polar surface area (TPSA) is 17.8 Å². The number of aromatic nitrogens is 2. The van der Waals surface area contributed by atoms with Crippen molar-refractivity contribution in [3.05, 3.63) is 113 Å². The summed E-state index contributed by atoms with van der Waals surface area (Å²) in [5, 5.41) is 3.62. The molecule has 0 bridgehead atoms.